The Balaban J connectivity index is 1.67. The van der Waals surface area contributed by atoms with Gasteiger partial charge in [-0.25, -0.2) is 0 Å². The number of nitrogens with one attached hydrogen (secondary N) is 14. The molecule has 16 amide bonds. The summed E-state index contributed by atoms with van der Waals surface area (Å²) in [5, 5.41) is 54.0. The average molecular weight is 1740 g/mol. The van der Waals surface area contributed by atoms with Crippen LogP contribution in [0.4, 0.5) is 0 Å². The molecule has 41 heteroatoms. The second kappa shape index (κ2) is 53.0. The number of likely N-dealkylation sites (tertiary alicyclic amines) is 2. The van der Waals surface area contributed by atoms with Gasteiger partial charge in [0, 0.05) is 51.0 Å². The fraction of sp³-hybridized carbons (Fsp3) is 0.709. The molecule has 120 heavy (non-hydrogen) atoms. The van der Waals surface area contributed by atoms with Crippen LogP contribution in [0.15, 0.2) is 30.3 Å². The molecule has 1 aromatic carbocycles. The molecular formula is C79H131N21O17S3. The molecule has 672 valence electrons. The highest BCUT2D eigenvalue weighted by Crippen LogP contribution is 2.27. The van der Waals surface area contributed by atoms with Crippen LogP contribution in [-0.2, 0) is 83.1 Å². The second-order valence-electron chi connectivity index (χ2n) is 31.6. The first-order valence-corrected chi connectivity index (χ1v) is 45.7. The lowest BCUT2D eigenvalue weighted by atomic mass is 10.0. The number of nitrogens with two attached hydrogens (primary N) is 4. The zero-order valence-corrected chi connectivity index (χ0v) is 72.9. The SMILES string of the molecule is CCCCC1NC(=O)[C@H](CCCCN)NC(=O)[C@H](CCCNC(=N)N)NC(=O)[C@H](CC(C)C)NC(=O)[C@@H](NC(=O)[C@H](CCSC)NC(=O)[C@@H]2CCCN2C(=O)[C@@H](NC(C)=O)C(C)C)CCSSC[C@@H](C(=O)N[C@@H](CCCCN)C(=O)N2CCC[C@H]2C(N)=O)NC(=O)[C@H](Cc2ccccc2)NC(=O)[C@H](CO)NC(=O)[C@H](C)NC(=O)[C@@H]2CCCN2C1=O. The third-order valence-electron chi connectivity index (χ3n) is 21.2. The summed E-state index contributed by atoms with van der Waals surface area (Å²) in [7, 11) is 2.06. The standard InChI is InChI=1S/C79H131N21O17S3/c1-9-10-24-54-77(116)99-37-20-29-61(99)74(113)86-47(6)65(104)96-58(43-101)72(111)95-57(42-49-22-12-11-13-23-49)71(110)97-59(73(112)93-55(26-15-17-34-81)76(115)98-36-19-28-60(98)64(82)103)44-120-119-40-32-53(90-68(107)52(31-39-118-8)91-75(114)62-30-21-38-100(62)78(117)63(46(4)5)87-48(7)102)69(108)94-56(41-45(2)3)70(109)89-51(27-18-35-85-79(83)84)66(105)88-50(67(106)92-54)25-14-16-33-80/h11-13,22-23,45-47,50-63,101H,9-10,14-21,24-44,80-81H2,1-8H3,(H2,82,103)(H,86,113)(H,87,102)(H,88,105)(H,89,109)(H,90,107)(H,91,114)(H,92,106)(H,93,112)(H,94,108)(H,95,111)(H,96,104)(H,97,110)(H4,83,84,85)/t47-,50-,51-,52-,53-,54?,55-,56-,57-,58-,59-,60-,61-,62-,63-/m0/s1. The summed E-state index contributed by atoms with van der Waals surface area (Å²) in [5.74, 6) is -13.7. The van der Waals surface area contributed by atoms with E-state index in [4.69, 9.17) is 28.3 Å². The van der Waals surface area contributed by atoms with E-state index in [2.05, 4.69) is 69.1 Å². The summed E-state index contributed by atoms with van der Waals surface area (Å²) < 4.78 is 0. The van der Waals surface area contributed by atoms with Gasteiger partial charge in [0.2, 0.25) is 94.5 Å². The van der Waals surface area contributed by atoms with Gasteiger partial charge in [-0.3, -0.25) is 82.1 Å². The Morgan fingerprint density at radius 2 is 1.17 bits per heavy atom. The third-order valence-corrected chi connectivity index (χ3v) is 24.3. The molecule has 1 aromatic rings. The van der Waals surface area contributed by atoms with Crippen molar-refractivity contribution in [2.75, 3.05) is 69.4 Å². The fourth-order valence-corrected chi connectivity index (χ4v) is 17.3. The van der Waals surface area contributed by atoms with Crippen LogP contribution < -0.4 is 92.1 Å². The first-order chi connectivity index (χ1) is 57.2. The van der Waals surface area contributed by atoms with Gasteiger partial charge in [-0.15, -0.1) is 0 Å². The number of hydrogen-bond donors (Lipinski definition) is 19. The van der Waals surface area contributed by atoms with E-state index in [0.717, 1.165) is 21.6 Å². The number of rotatable bonds is 34. The number of fused-ring (bicyclic) bond motifs is 1. The van der Waals surface area contributed by atoms with E-state index in [-0.39, 0.29) is 146 Å². The molecule has 0 saturated carbocycles. The van der Waals surface area contributed by atoms with Crippen molar-refractivity contribution < 1.29 is 81.8 Å². The van der Waals surface area contributed by atoms with Crippen LogP contribution in [0.5, 0.6) is 0 Å². The smallest absolute Gasteiger partial charge is 0.246 e. The molecule has 4 saturated heterocycles. The van der Waals surface area contributed by atoms with Crippen LogP contribution in [0.2, 0.25) is 0 Å². The molecule has 5 rings (SSSR count). The molecule has 4 fully saturated rings. The molecule has 15 atom stereocenters. The lowest BCUT2D eigenvalue weighted by Gasteiger charge is -2.31. The summed E-state index contributed by atoms with van der Waals surface area (Å²) in [5.41, 5.74) is 23.7. The molecule has 4 heterocycles. The predicted molar refractivity (Wildman–Crippen MR) is 456 cm³/mol. The molecule has 0 spiro atoms. The minimum absolute atomic E-state index is 0.00352. The number of aliphatic hydroxyl groups is 1. The Kier molecular flexibility index (Phi) is 44.8. The molecule has 4 aliphatic rings. The van der Waals surface area contributed by atoms with Gasteiger partial charge in [0.1, 0.15) is 90.6 Å². The number of amides is 16. The van der Waals surface area contributed by atoms with Gasteiger partial charge in [0.05, 0.1) is 6.61 Å². The molecule has 4 aliphatic heterocycles. The van der Waals surface area contributed by atoms with Gasteiger partial charge in [0.25, 0.3) is 0 Å². The number of benzene rings is 1. The minimum Gasteiger partial charge on any atom is -0.394 e. The van der Waals surface area contributed by atoms with Gasteiger partial charge >= 0.3 is 0 Å². The highest BCUT2D eigenvalue weighted by molar-refractivity contribution is 8.76. The van der Waals surface area contributed by atoms with Gasteiger partial charge in [0.15, 0.2) is 5.96 Å². The molecule has 0 bridgehead atoms. The number of thioether (sulfide) groups is 1. The van der Waals surface area contributed by atoms with Crippen molar-refractivity contribution >= 4 is 134 Å². The van der Waals surface area contributed by atoms with E-state index in [0.29, 0.717) is 69.1 Å². The molecule has 23 N–H and O–H groups in total. The lowest BCUT2D eigenvalue weighted by Crippen LogP contribution is -2.61. The molecule has 0 aliphatic carbocycles. The molecule has 1 unspecified atom stereocenters. The number of carbonyl (C=O) groups is 16. The zero-order chi connectivity index (χ0) is 88.7. The van der Waals surface area contributed by atoms with Crippen molar-refractivity contribution in [2.24, 2.45) is 34.8 Å². The van der Waals surface area contributed by atoms with Crippen LogP contribution >= 0.6 is 33.3 Å². The molecule has 0 radical (unpaired) electrons. The Labute approximate surface area is 715 Å². The van der Waals surface area contributed by atoms with E-state index >= 15 is 24.0 Å². The van der Waals surface area contributed by atoms with Crippen LogP contribution in [0.3, 0.4) is 0 Å². The maximum absolute atomic E-state index is 15.4. The highest BCUT2D eigenvalue weighted by Gasteiger charge is 2.44. The van der Waals surface area contributed by atoms with E-state index in [9.17, 15) is 57.8 Å². The minimum atomic E-state index is -1.77. The van der Waals surface area contributed by atoms with Crippen LogP contribution in [0.25, 0.3) is 0 Å². The zero-order valence-electron chi connectivity index (χ0n) is 70.5. The summed E-state index contributed by atoms with van der Waals surface area (Å²) in [4.78, 5) is 236. The van der Waals surface area contributed by atoms with Crippen molar-refractivity contribution in [3.05, 3.63) is 35.9 Å². The Morgan fingerprint density at radius 1 is 0.600 bits per heavy atom. The number of nitrogens with zero attached hydrogens (tertiary/aromatic N) is 3. The number of unbranched alkanes of at least 4 members (excludes halogenated alkanes) is 3. The van der Waals surface area contributed by atoms with E-state index in [1.165, 1.54) is 40.3 Å². The van der Waals surface area contributed by atoms with Crippen molar-refractivity contribution in [1.82, 2.24) is 83.8 Å². The Morgan fingerprint density at radius 3 is 1.77 bits per heavy atom. The summed E-state index contributed by atoms with van der Waals surface area (Å²) in [6.45, 7) is 11.3. The monoisotopic (exact) mass is 1740 g/mol. The Hall–Kier alpha value is -9.06. The van der Waals surface area contributed by atoms with E-state index < -0.39 is 192 Å². The first kappa shape index (κ1) is 101. The number of aliphatic hydroxyl groups excluding tert-OH is 1. The predicted octanol–water partition coefficient (Wildman–Crippen LogP) is -2.51. The Bertz CT molecular complexity index is 3630. The van der Waals surface area contributed by atoms with Crippen LogP contribution in [0.1, 0.15) is 182 Å². The molecule has 0 aromatic heterocycles. The van der Waals surface area contributed by atoms with E-state index in [1.807, 2.05) is 6.92 Å². The van der Waals surface area contributed by atoms with Gasteiger partial charge in [-0.1, -0.05) is 99.4 Å². The van der Waals surface area contributed by atoms with Gasteiger partial charge in [-0.2, -0.15) is 11.8 Å². The quantitative estimate of drug-likeness (QED) is 0.0147. The van der Waals surface area contributed by atoms with Crippen LogP contribution in [0, 0.1) is 17.2 Å². The van der Waals surface area contributed by atoms with Gasteiger partial charge < -0.3 is 112 Å². The maximum atomic E-state index is 15.4. The summed E-state index contributed by atoms with van der Waals surface area (Å²) >= 11 is 1.35. The highest BCUT2D eigenvalue weighted by atomic mass is 33.1. The van der Waals surface area contributed by atoms with Crippen LogP contribution in [-0.4, -0.2) is 280 Å². The van der Waals surface area contributed by atoms with Crippen molar-refractivity contribution in [2.45, 2.75) is 274 Å². The fourth-order valence-electron chi connectivity index (χ4n) is 14.6. The lowest BCUT2D eigenvalue weighted by molar-refractivity contribution is -0.143. The van der Waals surface area contributed by atoms with Gasteiger partial charge in [-0.05, 0) is 165 Å². The largest absolute Gasteiger partial charge is 0.394 e. The second-order valence-corrected chi connectivity index (χ2v) is 35.2. The maximum Gasteiger partial charge on any atom is 0.246 e. The normalized spacial score (nSPS) is 24.7. The van der Waals surface area contributed by atoms with Crippen molar-refractivity contribution in [1.29, 1.82) is 5.41 Å². The number of guanidine groups is 1. The van der Waals surface area contributed by atoms with Crippen molar-refractivity contribution in [3.63, 3.8) is 0 Å². The first-order valence-electron chi connectivity index (χ1n) is 41.9. The summed E-state index contributed by atoms with van der Waals surface area (Å²) in [6.07, 6.45) is 5.62. The topological polar surface area (TPSA) is 587 Å². The number of primary amides is 1. The summed E-state index contributed by atoms with van der Waals surface area (Å²) in [6, 6.07) is -11.8. The number of carbonyl (C=O) groups excluding carboxylic acids is 16. The van der Waals surface area contributed by atoms with Crippen molar-refractivity contribution in [3.8, 4) is 0 Å². The third kappa shape index (κ3) is 33.1. The average Bonchev–Trinajstić information content (AvgIpc) is 1.67. The molecular weight excluding hydrogens is 1610 g/mol. The number of hydrogen-bond acceptors (Lipinski definition) is 23. The van der Waals surface area contributed by atoms with E-state index in [1.54, 1.807) is 64.3 Å². The molecule has 38 nitrogen and oxygen atoms in total.